The summed E-state index contributed by atoms with van der Waals surface area (Å²) in [5, 5.41) is 12.8. The Bertz CT molecular complexity index is 752. The number of hydrogen-bond acceptors (Lipinski definition) is 4. The van der Waals surface area contributed by atoms with Crippen LogP contribution in [0, 0.1) is 11.3 Å². The lowest BCUT2D eigenvalue weighted by Crippen LogP contribution is -2.42. The van der Waals surface area contributed by atoms with Crippen LogP contribution < -0.4 is 14.8 Å². The summed E-state index contributed by atoms with van der Waals surface area (Å²) in [6.45, 7) is 3.90. The number of nitrogens with one attached hydrogen (secondary N) is 1. The molecule has 1 aromatic rings. The Labute approximate surface area is 158 Å². The van der Waals surface area contributed by atoms with Crippen LogP contribution in [0.1, 0.15) is 44.2 Å². The smallest absolute Gasteiger partial charge is 0.317 e. The molecule has 0 aromatic heterocycles. The number of urea groups is 1. The van der Waals surface area contributed by atoms with E-state index < -0.39 is 11.4 Å². The maximum atomic E-state index is 12.8. The molecule has 3 atom stereocenters. The maximum Gasteiger partial charge on any atom is 0.317 e. The minimum atomic E-state index is -0.765. The number of rotatable bonds is 4. The highest BCUT2D eigenvalue weighted by Crippen LogP contribution is 2.49. The third-order valence-corrected chi connectivity index (χ3v) is 6.26. The Kier molecular flexibility index (Phi) is 4.61. The fourth-order valence-corrected chi connectivity index (χ4v) is 4.73. The number of fused-ring (bicyclic) bond motifs is 2. The number of carbonyl (C=O) groups is 2. The second-order valence-corrected chi connectivity index (χ2v) is 7.74. The summed E-state index contributed by atoms with van der Waals surface area (Å²) in [6.07, 6.45) is 3.21. The van der Waals surface area contributed by atoms with Gasteiger partial charge in [-0.1, -0.05) is 19.4 Å². The van der Waals surface area contributed by atoms with Gasteiger partial charge in [0.05, 0.1) is 11.5 Å². The molecule has 0 bridgehead atoms. The number of carboxylic acids is 1. The molecule has 7 nitrogen and oxygen atoms in total. The standard InChI is InChI=1S/C20H26N2O5/c1-2-15(13-5-6-16-17(10-13)27-9-8-26-16)21-19(25)22-11-14-4-3-7-20(14,12-22)18(23)24/h5-6,10,14-15H,2-4,7-9,11-12H2,1H3,(H,21,25)(H,23,24)/t14-,15?,20+/m0/s1. The van der Waals surface area contributed by atoms with Gasteiger partial charge in [-0.05, 0) is 42.9 Å². The van der Waals surface area contributed by atoms with Crippen molar-refractivity contribution in [3.8, 4) is 11.5 Å². The fourth-order valence-electron chi connectivity index (χ4n) is 4.73. The van der Waals surface area contributed by atoms with Gasteiger partial charge in [0.2, 0.25) is 0 Å². The van der Waals surface area contributed by atoms with E-state index in [0.29, 0.717) is 38.5 Å². The zero-order valence-electron chi connectivity index (χ0n) is 15.6. The number of likely N-dealkylation sites (tertiary alicyclic amines) is 1. The van der Waals surface area contributed by atoms with Gasteiger partial charge in [-0.15, -0.1) is 0 Å². The SMILES string of the molecule is CCC(NC(=O)N1C[C@@H]2CCC[C@@]2(C(=O)O)C1)c1ccc2c(c1)OCCO2. The molecular formula is C20H26N2O5. The van der Waals surface area contributed by atoms with Crippen LogP contribution in [0.2, 0.25) is 0 Å². The van der Waals surface area contributed by atoms with Crippen LogP contribution in [-0.4, -0.2) is 48.3 Å². The zero-order valence-corrected chi connectivity index (χ0v) is 15.6. The molecular weight excluding hydrogens is 348 g/mol. The van der Waals surface area contributed by atoms with Crippen molar-refractivity contribution in [1.29, 1.82) is 0 Å². The van der Waals surface area contributed by atoms with Gasteiger partial charge in [0.1, 0.15) is 13.2 Å². The molecule has 1 aromatic carbocycles. The van der Waals surface area contributed by atoms with E-state index in [9.17, 15) is 14.7 Å². The maximum absolute atomic E-state index is 12.8. The van der Waals surface area contributed by atoms with Crippen LogP contribution in [-0.2, 0) is 4.79 Å². The van der Waals surface area contributed by atoms with E-state index in [2.05, 4.69) is 5.32 Å². The molecule has 3 aliphatic rings. The Hall–Kier alpha value is -2.44. The molecule has 2 N–H and O–H groups in total. The molecule has 1 saturated carbocycles. The predicted octanol–water partition coefficient (Wildman–Crippen LogP) is 2.81. The fraction of sp³-hybridized carbons (Fsp3) is 0.600. The number of carboxylic acid groups (broad SMARTS) is 1. The molecule has 1 unspecified atom stereocenters. The summed E-state index contributed by atoms with van der Waals surface area (Å²) >= 11 is 0. The zero-order chi connectivity index (χ0) is 19.0. The molecule has 0 spiro atoms. The number of nitrogens with zero attached hydrogens (tertiary/aromatic N) is 1. The van der Waals surface area contributed by atoms with Crippen LogP contribution in [0.15, 0.2) is 18.2 Å². The van der Waals surface area contributed by atoms with E-state index in [1.165, 1.54) is 0 Å². The summed E-state index contributed by atoms with van der Waals surface area (Å²) in [5.41, 5.74) is 0.207. The van der Waals surface area contributed by atoms with Crippen LogP contribution in [0.4, 0.5) is 4.79 Å². The molecule has 2 amide bonds. The summed E-state index contributed by atoms with van der Waals surface area (Å²) in [7, 11) is 0. The highest BCUT2D eigenvalue weighted by Gasteiger charge is 2.55. The van der Waals surface area contributed by atoms with Crippen LogP contribution >= 0.6 is 0 Å². The molecule has 0 radical (unpaired) electrons. The van der Waals surface area contributed by atoms with Crippen molar-refractivity contribution >= 4 is 12.0 Å². The number of amides is 2. The van der Waals surface area contributed by atoms with E-state index in [1.807, 2.05) is 25.1 Å². The molecule has 2 aliphatic heterocycles. The topological polar surface area (TPSA) is 88.1 Å². The van der Waals surface area contributed by atoms with Gasteiger partial charge in [-0.3, -0.25) is 4.79 Å². The van der Waals surface area contributed by atoms with Gasteiger partial charge in [0.25, 0.3) is 0 Å². The second kappa shape index (κ2) is 6.94. The monoisotopic (exact) mass is 374 g/mol. The lowest BCUT2D eigenvalue weighted by Gasteiger charge is -2.26. The number of ether oxygens (including phenoxy) is 2. The Balaban J connectivity index is 1.46. The van der Waals surface area contributed by atoms with Gasteiger partial charge < -0.3 is 24.8 Å². The number of aliphatic carboxylic acids is 1. The first-order chi connectivity index (χ1) is 13.0. The number of carbonyl (C=O) groups excluding carboxylic acids is 1. The van der Waals surface area contributed by atoms with Crippen LogP contribution in [0.25, 0.3) is 0 Å². The summed E-state index contributed by atoms with van der Waals surface area (Å²) in [4.78, 5) is 26.3. The van der Waals surface area contributed by atoms with Gasteiger partial charge >= 0.3 is 12.0 Å². The highest BCUT2D eigenvalue weighted by molar-refractivity contribution is 5.80. The molecule has 1 saturated heterocycles. The molecule has 4 rings (SSSR count). The molecule has 2 heterocycles. The van der Waals surface area contributed by atoms with E-state index >= 15 is 0 Å². The van der Waals surface area contributed by atoms with E-state index in [-0.39, 0.29) is 18.0 Å². The summed E-state index contributed by atoms with van der Waals surface area (Å²) in [6, 6.07) is 5.39. The average Bonchev–Trinajstić information content (AvgIpc) is 3.24. The average molecular weight is 374 g/mol. The van der Waals surface area contributed by atoms with E-state index in [4.69, 9.17) is 9.47 Å². The van der Waals surface area contributed by atoms with Crippen molar-refractivity contribution in [2.75, 3.05) is 26.3 Å². The van der Waals surface area contributed by atoms with Crippen molar-refractivity contribution in [2.45, 2.75) is 38.6 Å². The minimum absolute atomic E-state index is 0.0649. The summed E-state index contributed by atoms with van der Waals surface area (Å²) < 4.78 is 11.2. The molecule has 2 fully saturated rings. The Morgan fingerprint density at radius 2 is 2.11 bits per heavy atom. The molecule has 146 valence electrons. The number of hydrogen-bond donors (Lipinski definition) is 2. The van der Waals surface area contributed by atoms with Crippen molar-refractivity contribution in [1.82, 2.24) is 10.2 Å². The lowest BCUT2D eigenvalue weighted by atomic mass is 9.81. The van der Waals surface area contributed by atoms with Crippen molar-refractivity contribution in [3.05, 3.63) is 23.8 Å². The van der Waals surface area contributed by atoms with Crippen molar-refractivity contribution < 1.29 is 24.2 Å². The van der Waals surface area contributed by atoms with Gasteiger partial charge in [0.15, 0.2) is 11.5 Å². The Morgan fingerprint density at radius 3 is 2.81 bits per heavy atom. The first kappa shape index (κ1) is 17.9. The third kappa shape index (κ3) is 3.09. The molecule has 7 heteroatoms. The first-order valence-electron chi connectivity index (χ1n) is 9.72. The van der Waals surface area contributed by atoms with Crippen LogP contribution in [0.3, 0.4) is 0 Å². The normalized spacial score (nSPS) is 27.1. The quantitative estimate of drug-likeness (QED) is 0.846. The predicted molar refractivity (Wildman–Crippen MR) is 98.0 cm³/mol. The number of benzene rings is 1. The lowest BCUT2D eigenvalue weighted by molar-refractivity contribution is -0.149. The molecule has 27 heavy (non-hydrogen) atoms. The van der Waals surface area contributed by atoms with Gasteiger partial charge in [0, 0.05) is 13.1 Å². The second-order valence-electron chi connectivity index (χ2n) is 7.74. The van der Waals surface area contributed by atoms with Crippen LogP contribution in [0.5, 0.6) is 11.5 Å². The van der Waals surface area contributed by atoms with Crippen molar-refractivity contribution in [2.24, 2.45) is 11.3 Å². The molecule has 1 aliphatic carbocycles. The van der Waals surface area contributed by atoms with E-state index in [0.717, 1.165) is 30.6 Å². The van der Waals surface area contributed by atoms with E-state index in [1.54, 1.807) is 4.90 Å². The van der Waals surface area contributed by atoms with Gasteiger partial charge in [-0.2, -0.15) is 0 Å². The van der Waals surface area contributed by atoms with Gasteiger partial charge in [-0.25, -0.2) is 4.79 Å². The third-order valence-electron chi connectivity index (χ3n) is 6.26. The first-order valence-corrected chi connectivity index (χ1v) is 9.72. The highest BCUT2D eigenvalue weighted by atomic mass is 16.6. The largest absolute Gasteiger partial charge is 0.486 e. The van der Waals surface area contributed by atoms with Crippen molar-refractivity contribution in [3.63, 3.8) is 0 Å². The minimum Gasteiger partial charge on any atom is -0.486 e. The summed E-state index contributed by atoms with van der Waals surface area (Å²) in [5.74, 6) is 0.725. The Morgan fingerprint density at radius 1 is 1.33 bits per heavy atom.